The van der Waals surface area contributed by atoms with Gasteiger partial charge in [-0.05, 0) is 26.0 Å². The quantitative estimate of drug-likeness (QED) is 0.871. The predicted molar refractivity (Wildman–Crippen MR) is 66.9 cm³/mol. The second-order valence-electron chi connectivity index (χ2n) is 3.47. The Labute approximate surface area is 110 Å². The average molecular weight is 303 g/mol. The first-order valence-corrected chi connectivity index (χ1v) is 7.02. The summed E-state index contributed by atoms with van der Waals surface area (Å²) in [6.07, 6.45) is 0. The van der Waals surface area contributed by atoms with Gasteiger partial charge in [-0.2, -0.15) is 0 Å². The van der Waals surface area contributed by atoms with Gasteiger partial charge in [-0.25, -0.2) is 13.1 Å². The number of benzene rings is 1. The van der Waals surface area contributed by atoms with Crippen LogP contribution in [-0.4, -0.2) is 14.5 Å². The first kappa shape index (κ1) is 14.1. The van der Waals surface area contributed by atoms with Crippen LogP contribution in [0.1, 0.15) is 13.8 Å². The number of hydrogen-bond donors (Lipinski definition) is 1. The smallest absolute Gasteiger partial charge is 0.209 e. The van der Waals surface area contributed by atoms with Crippen LogP contribution in [0.3, 0.4) is 0 Å². The Morgan fingerprint density at radius 1 is 1.06 bits per heavy atom. The molecule has 7 heteroatoms. The van der Waals surface area contributed by atoms with Gasteiger partial charge in [0.05, 0.1) is 15.1 Å². The molecule has 0 aliphatic heterocycles. The highest BCUT2D eigenvalue weighted by atomic mass is 35.5. The fourth-order valence-electron chi connectivity index (χ4n) is 1.08. The minimum atomic E-state index is -3.65. The van der Waals surface area contributed by atoms with Crippen molar-refractivity contribution in [3.05, 3.63) is 27.2 Å². The maximum absolute atomic E-state index is 11.8. The largest absolute Gasteiger partial charge is 0.242 e. The van der Waals surface area contributed by atoms with Crippen molar-refractivity contribution in [2.24, 2.45) is 0 Å². The SMILES string of the molecule is CC(C)NS(=O)(=O)c1cc(Cl)c(Cl)cc1Cl. The fourth-order valence-corrected chi connectivity index (χ4v) is 3.34. The molecule has 0 amide bonds. The molecule has 3 nitrogen and oxygen atoms in total. The van der Waals surface area contributed by atoms with Gasteiger partial charge in [0, 0.05) is 6.04 Å². The van der Waals surface area contributed by atoms with E-state index in [0.717, 1.165) is 0 Å². The Morgan fingerprint density at radius 3 is 2.06 bits per heavy atom. The van der Waals surface area contributed by atoms with Gasteiger partial charge >= 0.3 is 0 Å². The van der Waals surface area contributed by atoms with Crippen molar-refractivity contribution in [3.8, 4) is 0 Å². The maximum atomic E-state index is 11.8. The number of nitrogens with one attached hydrogen (secondary N) is 1. The Bertz CT molecular complexity index is 500. The van der Waals surface area contributed by atoms with Crippen LogP contribution in [0.2, 0.25) is 15.1 Å². The van der Waals surface area contributed by atoms with Crippen LogP contribution >= 0.6 is 34.8 Å². The normalized spacial score (nSPS) is 12.1. The van der Waals surface area contributed by atoms with E-state index in [1.54, 1.807) is 13.8 Å². The summed E-state index contributed by atoms with van der Waals surface area (Å²) in [7, 11) is -3.65. The Kier molecular flexibility index (Phi) is 4.49. The summed E-state index contributed by atoms with van der Waals surface area (Å²) in [5.41, 5.74) is 0. The zero-order valence-corrected chi connectivity index (χ0v) is 11.7. The second-order valence-corrected chi connectivity index (χ2v) is 6.38. The second kappa shape index (κ2) is 5.10. The molecule has 1 aromatic carbocycles. The van der Waals surface area contributed by atoms with E-state index in [9.17, 15) is 8.42 Å². The van der Waals surface area contributed by atoms with E-state index in [-0.39, 0.29) is 26.0 Å². The molecule has 0 aliphatic carbocycles. The van der Waals surface area contributed by atoms with Crippen LogP contribution in [0.4, 0.5) is 0 Å². The molecule has 0 fully saturated rings. The molecule has 0 bridgehead atoms. The van der Waals surface area contributed by atoms with Crippen LogP contribution in [0.25, 0.3) is 0 Å². The van der Waals surface area contributed by atoms with E-state index in [1.165, 1.54) is 12.1 Å². The molecule has 0 saturated heterocycles. The van der Waals surface area contributed by atoms with Crippen LogP contribution < -0.4 is 4.72 Å². The van der Waals surface area contributed by atoms with Crippen molar-refractivity contribution in [1.29, 1.82) is 0 Å². The van der Waals surface area contributed by atoms with Crippen molar-refractivity contribution in [2.75, 3.05) is 0 Å². The molecule has 0 atom stereocenters. The van der Waals surface area contributed by atoms with Crippen molar-refractivity contribution < 1.29 is 8.42 Å². The van der Waals surface area contributed by atoms with Crippen molar-refractivity contribution in [1.82, 2.24) is 4.72 Å². The summed E-state index contributed by atoms with van der Waals surface area (Å²) in [4.78, 5) is -0.0720. The summed E-state index contributed by atoms with van der Waals surface area (Å²) in [5, 5.41) is 0.410. The van der Waals surface area contributed by atoms with Crippen LogP contribution in [0.5, 0.6) is 0 Å². The fraction of sp³-hybridized carbons (Fsp3) is 0.333. The molecule has 0 aromatic heterocycles. The lowest BCUT2D eigenvalue weighted by atomic mass is 10.4. The number of hydrogen-bond acceptors (Lipinski definition) is 2. The van der Waals surface area contributed by atoms with Crippen LogP contribution in [-0.2, 0) is 10.0 Å². The van der Waals surface area contributed by atoms with Crippen LogP contribution in [0, 0.1) is 0 Å². The van der Waals surface area contributed by atoms with Gasteiger partial charge < -0.3 is 0 Å². The predicted octanol–water partition coefficient (Wildman–Crippen LogP) is 3.33. The average Bonchev–Trinajstić information content (AvgIpc) is 2.08. The lowest BCUT2D eigenvalue weighted by Gasteiger charge is -2.11. The van der Waals surface area contributed by atoms with E-state index in [0.29, 0.717) is 0 Å². The summed E-state index contributed by atoms with van der Waals surface area (Å²) in [6, 6.07) is 2.31. The van der Waals surface area contributed by atoms with Gasteiger partial charge in [0.1, 0.15) is 4.90 Å². The van der Waals surface area contributed by atoms with E-state index < -0.39 is 10.0 Å². The molecule has 1 N–H and O–H groups in total. The third-order valence-corrected chi connectivity index (χ3v) is 4.50. The zero-order chi connectivity index (χ0) is 12.5. The summed E-state index contributed by atoms with van der Waals surface area (Å²) >= 11 is 17.3. The third kappa shape index (κ3) is 3.25. The van der Waals surface area contributed by atoms with E-state index in [4.69, 9.17) is 34.8 Å². The summed E-state index contributed by atoms with van der Waals surface area (Å²) < 4.78 is 26.1. The Balaban J connectivity index is 3.29. The molecular weight excluding hydrogens is 293 g/mol. The first-order chi connectivity index (χ1) is 7.24. The van der Waals surface area contributed by atoms with Crippen molar-refractivity contribution in [2.45, 2.75) is 24.8 Å². The molecule has 0 saturated carbocycles. The minimum Gasteiger partial charge on any atom is -0.209 e. The lowest BCUT2D eigenvalue weighted by Crippen LogP contribution is -2.30. The van der Waals surface area contributed by atoms with E-state index in [1.807, 2.05) is 0 Å². The number of rotatable bonds is 3. The van der Waals surface area contributed by atoms with Gasteiger partial charge in [0.15, 0.2) is 0 Å². The van der Waals surface area contributed by atoms with Crippen LogP contribution in [0.15, 0.2) is 17.0 Å². The third-order valence-electron chi connectivity index (χ3n) is 1.66. The van der Waals surface area contributed by atoms with E-state index in [2.05, 4.69) is 4.72 Å². The standard InChI is InChI=1S/C9H10Cl3NO2S/c1-5(2)13-16(14,15)9-4-7(11)6(10)3-8(9)12/h3-5,13H,1-2H3. The highest BCUT2D eigenvalue weighted by molar-refractivity contribution is 7.89. The topological polar surface area (TPSA) is 46.2 Å². The number of sulfonamides is 1. The van der Waals surface area contributed by atoms with Gasteiger partial charge in [-0.1, -0.05) is 34.8 Å². The molecular formula is C9H10Cl3NO2S. The summed E-state index contributed by atoms with van der Waals surface area (Å²) in [6.45, 7) is 3.42. The molecule has 0 unspecified atom stereocenters. The lowest BCUT2D eigenvalue weighted by molar-refractivity contribution is 0.570. The molecule has 1 rings (SSSR count). The summed E-state index contributed by atoms with van der Waals surface area (Å²) in [5.74, 6) is 0. The Morgan fingerprint density at radius 2 is 1.56 bits per heavy atom. The van der Waals surface area contributed by atoms with E-state index >= 15 is 0 Å². The Hall–Kier alpha value is -0.000000000000000111. The van der Waals surface area contributed by atoms with Gasteiger partial charge in [-0.15, -0.1) is 0 Å². The zero-order valence-electron chi connectivity index (χ0n) is 8.59. The molecule has 16 heavy (non-hydrogen) atoms. The van der Waals surface area contributed by atoms with Crippen molar-refractivity contribution >= 4 is 44.8 Å². The molecule has 90 valence electrons. The molecule has 0 heterocycles. The number of halogens is 3. The molecule has 1 aromatic rings. The molecule has 0 spiro atoms. The van der Waals surface area contributed by atoms with Gasteiger partial charge in [-0.3, -0.25) is 0 Å². The highest BCUT2D eigenvalue weighted by Crippen LogP contribution is 2.31. The monoisotopic (exact) mass is 301 g/mol. The highest BCUT2D eigenvalue weighted by Gasteiger charge is 2.20. The molecule has 0 radical (unpaired) electrons. The van der Waals surface area contributed by atoms with Gasteiger partial charge in [0.25, 0.3) is 0 Å². The van der Waals surface area contributed by atoms with Crippen molar-refractivity contribution in [3.63, 3.8) is 0 Å². The minimum absolute atomic E-state index is 0.0440. The first-order valence-electron chi connectivity index (χ1n) is 4.41. The maximum Gasteiger partial charge on any atom is 0.242 e. The molecule has 0 aliphatic rings. The van der Waals surface area contributed by atoms with Gasteiger partial charge in [0.2, 0.25) is 10.0 Å².